The third-order valence-corrected chi connectivity index (χ3v) is 3.45. The number of hydrogen-bond acceptors (Lipinski definition) is 2. The Bertz CT molecular complexity index is 334. The second-order valence-corrected chi connectivity index (χ2v) is 4.70. The van der Waals surface area contributed by atoms with Crippen molar-refractivity contribution in [1.29, 1.82) is 0 Å². The zero-order chi connectivity index (χ0) is 11.4. The summed E-state index contributed by atoms with van der Waals surface area (Å²) in [5.74, 6) is 0. The Kier molecular flexibility index (Phi) is 4.22. The average molecular weight is 239 g/mol. The summed E-state index contributed by atoms with van der Waals surface area (Å²) in [5, 5.41) is 4.23. The third kappa shape index (κ3) is 2.76. The highest BCUT2D eigenvalue weighted by Gasteiger charge is 2.20. The molecule has 2 rings (SSSR count). The van der Waals surface area contributed by atoms with Gasteiger partial charge in [0.25, 0.3) is 0 Å². The highest BCUT2D eigenvalue weighted by Crippen LogP contribution is 2.26. The molecule has 88 valence electrons. The molecule has 0 aliphatic carbocycles. The molecule has 0 aromatic heterocycles. The van der Waals surface area contributed by atoms with E-state index in [1.54, 1.807) is 0 Å². The van der Waals surface area contributed by atoms with Crippen LogP contribution in [0.25, 0.3) is 0 Å². The number of hydrogen-bond donors (Lipinski definition) is 1. The maximum absolute atomic E-state index is 6.05. The SMILES string of the molecule is CCC(c1cccc(Cl)c1)N1CCNCC1. The van der Waals surface area contributed by atoms with Crippen molar-refractivity contribution in [3.63, 3.8) is 0 Å². The Morgan fingerprint density at radius 3 is 2.75 bits per heavy atom. The monoisotopic (exact) mass is 238 g/mol. The summed E-state index contributed by atoms with van der Waals surface area (Å²) in [7, 11) is 0. The summed E-state index contributed by atoms with van der Waals surface area (Å²) in [6.45, 7) is 6.69. The van der Waals surface area contributed by atoms with Crippen LogP contribution in [0.4, 0.5) is 0 Å². The van der Waals surface area contributed by atoms with E-state index in [0.717, 1.165) is 37.6 Å². The predicted octanol–water partition coefficient (Wildman–Crippen LogP) is 2.70. The van der Waals surface area contributed by atoms with Gasteiger partial charge in [-0.1, -0.05) is 30.7 Å². The highest BCUT2D eigenvalue weighted by atomic mass is 35.5. The van der Waals surface area contributed by atoms with E-state index in [0.29, 0.717) is 6.04 Å². The lowest BCUT2D eigenvalue weighted by molar-refractivity contribution is 0.169. The first kappa shape index (κ1) is 11.9. The minimum atomic E-state index is 0.515. The van der Waals surface area contributed by atoms with Crippen molar-refractivity contribution in [2.75, 3.05) is 26.2 Å². The van der Waals surface area contributed by atoms with Crippen molar-refractivity contribution in [2.45, 2.75) is 19.4 Å². The molecule has 0 bridgehead atoms. The molecule has 3 heteroatoms. The molecule has 1 atom stereocenters. The summed E-state index contributed by atoms with van der Waals surface area (Å²) in [4.78, 5) is 2.54. The lowest BCUT2D eigenvalue weighted by atomic mass is 10.0. The maximum Gasteiger partial charge on any atom is 0.0409 e. The van der Waals surface area contributed by atoms with E-state index in [-0.39, 0.29) is 0 Å². The molecule has 1 heterocycles. The molecule has 0 saturated carbocycles. The second-order valence-electron chi connectivity index (χ2n) is 4.27. The van der Waals surface area contributed by atoms with Crippen LogP contribution in [-0.2, 0) is 0 Å². The summed E-state index contributed by atoms with van der Waals surface area (Å²) >= 11 is 6.05. The first-order valence-electron chi connectivity index (χ1n) is 6.01. The van der Waals surface area contributed by atoms with Gasteiger partial charge in [0.15, 0.2) is 0 Å². The molecular weight excluding hydrogens is 220 g/mol. The number of nitrogens with zero attached hydrogens (tertiary/aromatic N) is 1. The molecular formula is C13H19ClN2. The molecule has 0 radical (unpaired) electrons. The predicted molar refractivity (Wildman–Crippen MR) is 68.9 cm³/mol. The van der Waals surface area contributed by atoms with Gasteiger partial charge in [-0.25, -0.2) is 0 Å². The molecule has 1 aromatic carbocycles. The van der Waals surface area contributed by atoms with Gasteiger partial charge in [0.1, 0.15) is 0 Å². The molecule has 1 unspecified atom stereocenters. The number of nitrogens with one attached hydrogen (secondary N) is 1. The van der Waals surface area contributed by atoms with Gasteiger partial charge in [-0.05, 0) is 24.1 Å². The van der Waals surface area contributed by atoms with Crippen molar-refractivity contribution < 1.29 is 0 Å². The third-order valence-electron chi connectivity index (χ3n) is 3.21. The molecule has 1 N–H and O–H groups in total. The molecule has 1 saturated heterocycles. The van der Waals surface area contributed by atoms with Gasteiger partial charge in [-0.15, -0.1) is 0 Å². The van der Waals surface area contributed by atoms with Crippen LogP contribution in [0.2, 0.25) is 5.02 Å². The Morgan fingerprint density at radius 1 is 1.38 bits per heavy atom. The molecule has 0 amide bonds. The first-order chi connectivity index (χ1) is 7.81. The summed E-state index contributed by atoms with van der Waals surface area (Å²) < 4.78 is 0. The highest BCUT2D eigenvalue weighted by molar-refractivity contribution is 6.30. The summed E-state index contributed by atoms with van der Waals surface area (Å²) in [6, 6.07) is 8.78. The van der Waals surface area contributed by atoms with E-state index in [1.807, 2.05) is 12.1 Å². The van der Waals surface area contributed by atoms with Gasteiger partial charge in [-0.2, -0.15) is 0 Å². The van der Waals surface area contributed by atoms with Crippen LogP contribution >= 0.6 is 11.6 Å². The van der Waals surface area contributed by atoms with E-state index in [9.17, 15) is 0 Å². The summed E-state index contributed by atoms with van der Waals surface area (Å²) in [5.41, 5.74) is 1.34. The molecule has 1 aliphatic heterocycles. The van der Waals surface area contributed by atoms with Crippen molar-refractivity contribution in [2.24, 2.45) is 0 Å². The van der Waals surface area contributed by atoms with Gasteiger partial charge in [-0.3, -0.25) is 4.90 Å². The molecule has 1 aromatic rings. The smallest absolute Gasteiger partial charge is 0.0409 e. The van der Waals surface area contributed by atoms with E-state index in [4.69, 9.17) is 11.6 Å². The lowest BCUT2D eigenvalue weighted by Gasteiger charge is -2.34. The number of benzene rings is 1. The number of rotatable bonds is 3. The van der Waals surface area contributed by atoms with Gasteiger partial charge in [0.05, 0.1) is 0 Å². The standard InChI is InChI=1S/C13H19ClN2/c1-2-13(16-8-6-15-7-9-16)11-4-3-5-12(14)10-11/h3-5,10,13,15H,2,6-9H2,1H3. The minimum Gasteiger partial charge on any atom is -0.314 e. The zero-order valence-corrected chi connectivity index (χ0v) is 10.5. The fourth-order valence-electron chi connectivity index (χ4n) is 2.41. The van der Waals surface area contributed by atoms with Gasteiger partial charge >= 0.3 is 0 Å². The summed E-state index contributed by atoms with van der Waals surface area (Å²) in [6.07, 6.45) is 1.14. The quantitative estimate of drug-likeness (QED) is 0.871. The zero-order valence-electron chi connectivity index (χ0n) is 9.75. The second kappa shape index (κ2) is 5.67. The van der Waals surface area contributed by atoms with Crippen LogP contribution in [-0.4, -0.2) is 31.1 Å². The van der Waals surface area contributed by atoms with Gasteiger partial charge in [0.2, 0.25) is 0 Å². The van der Waals surface area contributed by atoms with E-state index < -0.39 is 0 Å². The topological polar surface area (TPSA) is 15.3 Å². The van der Waals surface area contributed by atoms with E-state index >= 15 is 0 Å². The molecule has 0 spiro atoms. The fraction of sp³-hybridized carbons (Fsp3) is 0.538. The molecule has 1 aliphatic rings. The number of piperazine rings is 1. The van der Waals surface area contributed by atoms with Crippen molar-refractivity contribution in [1.82, 2.24) is 10.2 Å². The number of halogens is 1. The Labute approximate surface area is 103 Å². The largest absolute Gasteiger partial charge is 0.314 e. The van der Waals surface area contributed by atoms with Crippen LogP contribution < -0.4 is 5.32 Å². The van der Waals surface area contributed by atoms with Gasteiger partial charge < -0.3 is 5.32 Å². The Balaban J connectivity index is 2.14. The first-order valence-corrected chi connectivity index (χ1v) is 6.39. The Morgan fingerprint density at radius 2 is 2.12 bits per heavy atom. The van der Waals surface area contributed by atoms with Crippen LogP contribution in [0.5, 0.6) is 0 Å². The average Bonchev–Trinajstić information content (AvgIpc) is 2.31. The normalized spacial score (nSPS) is 19.6. The fourth-order valence-corrected chi connectivity index (χ4v) is 2.61. The molecule has 2 nitrogen and oxygen atoms in total. The van der Waals surface area contributed by atoms with Crippen molar-refractivity contribution >= 4 is 11.6 Å². The molecule has 1 fully saturated rings. The molecule has 16 heavy (non-hydrogen) atoms. The maximum atomic E-state index is 6.05. The van der Waals surface area contributed by atoms with Crippen LogP contribution in [0.15, 0.2) is 24.3 Å². The minimum absolute atomic E-state index is 0.515. The lowest BCUT2D eigenvalue weighted by Crippen LogP contribution is -2.45. The Hall–Kier alpha value is -0.570. The van der Waals surface area contributed by atoms with Crippen LogP contribution in [0, 0.1) is 0 Å². The van der Waals surface area contributed by atoms with Crippen molar-refractivity contribution in [3.05, 3.63) is 34.9 Å². The van der Waals surface area contributed by atoms with Crippen LogP contribution in [0.1, 0.15) is 24.9 Å². The van der Waals surface area contributed by atoms with Gasteiger partial charge in [0, 0.05) is 37.2 Å². The van der Waals surface area contributed by atoms with E-state index in [1.165, 1.54) is 5.56 Å². The van der Waals surface area contributed by atoms with E-state index in [2.05, 4.69) is 29.3 Å². The van der Waals surface area contributed by atoms with Crippen molar-refractivity contribution in [3.8, 4) is 0 Å². The van der Waals surface area contributed by atoms with Crippen LogP contribution in [0.3, 0.4) is 0 Å².